The summed E-state index contributed by atoms with van der Waals surface area (Å²) >= 11 is 0. The van der Waals surface area contributed by atoms with E-state index in [-0.39, 0.29) is 0 Å². The van der Waals surface area contributed by atoms with Crippen molar-refractivity contribution in [2.24, 2.45) is 5.92 Å². The molecule has 2 heteroatoms. The Balaban J connectivity index is 1.65. The number of nitrogens with one attached hydrogen (secondary N) is 1. The van der Waals surface area contributed by atoms with Gasteiger partial charge in [-0.1, -0.05) is 6.92 Å². The molecule has 0 aromatic heterocycles. The van der Waals surface area contributed by atoms with Gasteiger partial charge in [-0.25, -0.2) is 0 Å². The lowest BCUT2D eigenvalue weighted by molar-refractivity contribution is 0.150. The van der Waals surface area contributed by atoms with Crippen LogP contribution in [0.5, 0.6) is 0 Å². The summed E-state index contributed by atoms with van der Waals surface area (Å²) in [6.45, 7) is 8.31. The molecule has 2 nitrogen and oxygen atoms in total. The lowest BCUT2D eigenvalue weighted by atomic mass is 10.1. The first-order chi connectivity index (χ1) is 7.31. The highest BCUT2D eigenvalue weighted by molar-refractivity contribution is 4.94. The third-order valence-corrected chi connectivity index (χ3v) is 4.24. The summed E-state index contributed by atoms with van der Waals surface area (Å²) in [5, 5.41) is 3.41. The van der Waals surface area contributed by atoms with Crippen LogP contribution in [0.4, 0.5) is 0 Å². The van der Waals surface area contributed by atoms with Crippen LogP contribution in [0.1, 0.15) is 46.0 Å². The first-order valence-electron chi connectivity index (χ1n) is 6.77. The van der Waals surface area contributed by atoms with E-state index in [1.165, 1.54) is 45.2 Å². The second kappa shape index (κ2) is 5.31. The first-order valence-corrected chi connectivity index (χ1v) is 6.77. The third-order valence-electron chi connectivity index (χ3n) is 4.24. The van der Waals surface area contributed by atoms with Crippen molar-refractivity contribution in [1.82, 2.24) is 10.2 Å². The summed E-state index contributed by atoms with van der Waals surface area (Å²) in [7, 11) is 0. The zero-order valence-corrected chi connectivity index (χ0v) is 10.3. The van der Waals surface area contributed by atoms with Gasteiger partial charge in [0.05, 0.1) is 0 Å². The van der Waals surface area contributed by atoms with Gasteiger partial charge >= 0.3 is 0 Å². The molecule has 1 N–H and O–H groups in total. The molecule has 2 bridgehead atoms. The normalized spacial score (nSPS) is 32.4. The van der Waals surface area contributed by atoms with Crippen molar-refractivity contribution in [3.8, 4) is 0 Å². The van der Waals surface area contributed by atoms with Crippen molar-refractivity contribution >= 4 is 0 Å². The molecule has 0 radical (unpaired) electrons. The molecule has 0 aromatic carbocycles. The summed E-state index contributed by atoms with van der Waals surface area (Å²) < 4.78 is 0. The van der Waals surface area contributed by atoms with E-state index in [2.05, 4.69) is 24.1 Å². The van der Waals surface area contributed by atoms with Gasteiger partial charge in [-0.05, 0) is 58.0 Å². The monoisotopic (exact) mass is 210 g/mol. The van der Waals surface area contributed by atoms with Crippen LogP contribution in [0.15, 0.2) is 0 Å². The Morgan fingerprint density at radius 1 is 1.40 bits per heavy atom. The topological polar surface area (TPSA) is 15.3 Å². The molecule has 2 aliphatic rings. The van der Waals surface area contributed by atoms with Gasteiger partial charge in [0.25, 0.3) is 0 Å². The van der Waals surface area contributed by atoms with E-state index < -0.39 is 0 Å². The van der Waals surface area contributed by atoms with Crippen molar-refractivity contribution < 1.29 is 0 Å². The Kier molecular flexibility index (Phi) is 4.04. The van der Waals surface area contributed by atoms with Crippen LogP contribution in [0.25, 0.3) is 0 Å². The SMILES string of the molecule is CCNCCCC(C)N1CC2CCC1C2. The first kappa shape index (κ1) is 11.4. The van der Waals surface area contributed by atoms with E-state index in [4.69, 9.17) is 0 Å². The molecule has 0 amide bonds. The number of piperidine rings is 1. The molecule has 1 aliphatic carbocycles. The van der Waals surface area contributed by atoms with Gasteiger partial charge in [0.2, 0.25) is 0 Å². The molecule has 3 unspecified atom stereocenters. The largest absolute Gasteiger partial charge is 0.317 e. The maximum absolute atomic E-state index is 3.41. The van der Waals surface area contributed by atoms with Gasteiger partial charge in [0, 0.05) is 18.6 Å². The van der Waals surface area contributed by atoms with Crippen LogP contribution in [-0.2, 0) is 0 Å². The minimum atomic E-state index is 0.818. The Labute approximate surface area is 94.4 Å². The zero-order valence-electron chi connectivity index (χ0n) is 10.3. The van der Waals surface area contributed by atoms with E-state index in [1.54, 1.807) is 0 Å². The molecular formula is C13H26N2. The standard InChI is InChI=1S/C13H26N2/c1-3-14-8-4-5-11(2)15-10-12-6-7-13(15)9-12/h11-14H,3-10H2,1-2H3. The second-order valence-corrected chi connectivity index (χ2v) is 5.37. The molecule has 1 saturated carbocycles. The summed E-state index contributed by atoms with van der Waals surface area (Å²) in [4.78, 5) is 2.78. The highest BCUT2D eigenvalue weighted by Gasteiger charge is 2.39. The number of fused-ring (bicyclic) bond motifs is 2. The third kappa shape index (κ3) is 2.73. The molecule has 1 aliphatic heterocycles. The maximum atomic E-state index is 3.41. The minimum Gasteiger partial charge on any atom is -0.317 e. The summed E-state index contributed by atoms with van der Waals surface area (Å²) in [5.41, 5.74) is 0. The van der Waals surface area contributed by atoms with E-state index in [0.717, 1.165) is 24.5 Å². The smallest absolute Gasteiger partial charge is 0.0101 e. The predicted molar refractivity (Wildman–Crippen MR) is 65.1 cm³/mol. The van der Waals surface area contributed by atoms with Gasteiger partial charge in [0.15, 0.2) is 0 Å². The van der Waals surface area contributed by atoms with E-state index in [0.29, 0.717) is 0 Å². The molecule has 0 aromatic rings. The minimum absolute atomic E-state index is 0.818. The van der Waals surface area contributed by atoms with Gasteiger partial charge in [-0.15, -0.1) is 0 Å². The fourth-order valence-electron chi connectivity index (χ4n) is 3.37. The highest BCUT2D eigenvalue weighted by Crippen LogP contribution is 2.38. The Hall–Kier alpha value is -0.0800. The van der Waals surface area contributed by atoms with Crippen LogP contribution >= 0.6 is 0 Å². The number of hydrogen-bond acceptors (Lipinski definition) is 2. The molecule has 1 saturated heterocycles. The van der Waals surface area contributed by atoms with Crippen LogP contribution in [-0.4, -0.2) is 36.6 Å². The quantitative estimate of drug-likeness (QED) is 0.676. The number of hydrogen-bond donors (Lipinski definition) is 1. The average molecular weight is 210 g/mol. The lowest BCUT2D eigenvalue weighted by Gasteiger charge is -2.32. The summed E-state index contributed by atoms with van der Waals surface area (Å²) in [5.74, 6) is 1.05. The Morgan fingerprint density at radius 2 is 2.27 bits per heavy atom. The van der Waals surface area contributed by atoms with Crippen LogP contribution in [0, 0.1) is 5.92 Å². The van der Waals surface area contributed by atoms with Gasteiger partial charge < -0.3 is 5.32 Å². The molecule has 0 spiro atoms. The molecule has 88 valence electrons. The van der Waals surface area contributed by atoms with Gasteiger partial charge in [-0.2, -0.15) is 0 Å². The summed E-state index contributed by atoms with van der Waals surface area (Å²) in [6, 6.07) is 1.77. The van der Waals surface area contributed by atoms with Crippen molar-refractivity contribution in [3.05, 3.63) is 0 Å². The van der Waals surface area contributed by atoms with Crippen molar-refractivity contribution in [3.63, 3.8) is 0 Å². The van der Waals surface area contributed by atoms with Crippen LogP contribution in [0.3, 0.4) is 0 Å². The van der Waals surface area contributed by atoms with Gasteiger partial charge in [-0.3, -0.25) is 4.90 Å². The predicted octanol–water partition coefficient (Wildman–Crippen LogP) is 2.25. The molecule has 15 heavy (non-hydrogen) atoms. The van der Waals surface area contributed by atoms with Crippen LogP contribution < -0.4 is 5.32 Å². The zero-order chi connectivity index (χ0) is 10.7. The number of likely N-dealkylation sites (tertiary alicyclic amines) is 1. The van der Waals surface area contributed by atoms with Crippen molar-refractivity contribution in [2.75, 3.05) is 19.6 Å². The molecular weight excluding hydrogens is 184 g/mol. The number of rotatable bonds is 6. The summed E-state index contributed by atoms with van der Waals surface area (Å²) in [6.07, 6.45) is 7.18. The van der Waals surface area contributed by atoms with Crippen LogP contribution in [0.2, 0.25) is 0 Å². The van der Waals surface area contributed by atoms with Crippen molar-refractivity contribution in [1.29, 1.82) is 0 Å². The molecule has 1 heterocycles. The fraction of sp³-hybridized carbons (Fsp3) is 1.00. The average Bonchev–Trinajstić information content (AvgIpc) is 2.85. The van der Waals surface area contributed by atoms with E-state index >= 15 is 0 Å². The maximum Gasteiger partial charge on any atom is 0.0101 e. The Bertz CT molecular complexity index is 193. The van der Waals surface area contributed by atoms with E-state index in [9.17, 15) is 0 Å². The lowest BCUT2D eigenvalue weighted by Crippen LogP contribution is -2.39. The molecule has 3 atom stereocenters. The molecule has 2 fully saturated rings. The fourth-order valence-corrected chi connectivity index (χ4v) is 3.37. The molecule has 2 rings (SSSR count). The van der Waals surface area contributed by atoms with Gasteiger partial charge in [0.1, 0.15) is 0 Å². The second-order valence-electron chi connectivity index (χ2n) is 5.37. The number of nitrogens with zero attached hydrogens (tertiary/aromatic N) is 1. The Morgan fingerprint density at radius 3 is 2.87 bits per heavy atom. The van der Waals surface area contributed by atoms with E-state index in [1.807, 2.05) is 0 Å². The van der Waals surface area contributed by atoms with Crippen molar-refractivity contribution in [2.45, 2.75) is 58.0 Å². The highest BCUT2D eigenvalue weighted by atomic mass is 15.2.